The maximum absolute atomic E-state index is 12.3. The van der Waals surface area contributed by atoms with Crippen LogP contribution >= 0.6 is 23.7 Å². The summed E-state index contributed by atoms with van der Waals surface area (Å²) in [5.74, 6) is 0.142. The minimum atomic E-state index is 0. The average Bonchev–Trinajstić information content (AvgIpc) is 3.02. The SMILES string of the molecule is CCCN(CC(=O)NC(C)c1cccs1)C1CCNCC1.Cl. The van der Waals surface area contributed by atoms with Gasteiger partial charge in [-0.1, -0.05) is 13.0 Å². The zero-order valence-electron chi connectivity index (χ0n) is 13.5. The fourth-order valence-corrected chi connectivity index (χ4v) is 3.66. The van der Waals surface area contributed by atoms with Gasteiger partial charge in [-0.15, -0.1) is 23.7 Å². The molecule has 1 aliphatic rings. The Morgan fingerprint density at radius 1 is 1.50 bits per heavy atom. The molecular weight excluding hydrogens is 318 g/mol. The third-order valence-corrected chi connectivity index (χ3v) is 5.09. The zero-order valence-corrected chi connectivity index (χ0v) is 15.1. The highest BCUT2D eigenvalue weighted by atomic mass is 35.5. The van der Waals surface area contributed by atoms with Gasteiger partial charge in [0.25, 0.3) is 0 Å². The number of carbonyl (C=O) groups is 1. The molecule has 4 nitrogen and oxygen atoms in total. The van der Waals surface area contributed by atoms with E-state index in [1.54, 1.807) is 11.3 Å². The van der Waals surface area contributed by atoms with Crippen molar-refractivity contribution in [1.29, 1.82) is 0 Å². The van der Waals surface area contributed by atoms with Crippen molar-refractivity contribution in [2.75, 3.05) is 26.2 Å². The predicted octanol–water partition coefficient (Wildman–Crippen LogP) is 2.81. The lowest BCUT2D eigenvalue weighted by molar-refractivity contribution is -0.123. The molecular formula is C16H28ClN3OS. The Bertz CT molecular complexity index is 421. The lowest BCUT2D eigenvalue weighted by Crippen LogP contribution is -2.47. The maximum Gasteiger partial charge on any atom is 0.234 e. The molecule has 22 heavy (non-hydrogen) atoms. The molecule has 0 saturated carbocycles. The van der Waals surface area contributed by atoms with Gasteiger partial charge in [0.1, 0.15) is 0 Å². The molecule has 0 spiro atoms. The number of hydrogen-bond acceptors (Lipinski definition) is 4. The van der Waals surface area contributed by atoms with Crippen LogP contribution in [0.4, 0.5) is 0 Å². The fourth-order valence-electron chi connectivity index (χ4n) is 2.93. The second-order valence-corrected chi connectivity index (χ2v) is 6.74. The highest BCUT2D eigenvalue weighted by molar-refractivity contribution is 7.10. The first kappa shape index (κ1) is 19.4. The van der Waals surface area contributed by atoms with Crippen molar-refractivity contribution in [3.05, 3.63) is 22.4 Å². The van der Waals surface area contributed by atoms with Gasteiger partial charge < -0.3 is 10.6 Å². The second kappa shape index (κ2) is 10.2. The van der Waals surface area contributed by atoms with Crippen LogP contribution in [-0.4, -0.2) is 43.0 Å². The van der Waals surface area contributed by atoms with Gasteiger partial charge in [0.05, 0.1) is 12.6 Å². The summed E-state index contributed by atoms with van der Waals surface area (Å²) in [4.78, 5) is 15.9. The van der Waals surface area contributed by atoms with Crippen LogP contribution in [0, 0.1) is 0 Å². The quantitative estimate of drug-likeness (QED) is 0.798. The first-order chi connectivity index (χ1) is 10.2. The minimum Gasteiger partial charge on any atom is -0.348 e. The van der Waals surface area contributed by atoms with Crippen LogP contribution in [0.3, 0.4) is 0 Å². The largest absolute Gasteiger partial charge is 0.348 e. The van der Waals surface area contributed by atoms with E-state index in [-0.39, 0.29) is 24.4 Å². The molecule has 1 atom stereocenters. The lowest BCUT2D eigenvalue weighted by Gasteiger charge is -2.34. The van der Waals surface area contributed by atoms with Crippen molar-refractivity contribution in [2.45, 2.75) is 45.2 Å². The maximum atomic E-state index is 12.3. The average molecular weight is 346 g/mol. The molecule has 1 amide bonds. The van der Waals surface area contributed by atoms with Crippen LogP contribution < -0.4 is 10.6 Å². The van der Waals surface area contributed by atoms with Crippen LogP contribution in [0.2, 0.25) is 0 Å². The van der Waals surface area contributed by atoms with Crippen molar-refractivity contribution in [1.82, 2.24) is 15.5 Å². The molecule has 2 rings (SSSR count). The predicted molar refractivity (Wildman–Crippen MR) is 95.9 cm³/mol. The van der Waals surface area contributed by atoms with E-state index >= 15 is 0 Å². The molecule has 6 heteroatoms. The van der Waals surface area contributed by atoms with E-state index in [2.05, 4.69) is 40.8 Å². The third-order valence-electron chi connectivity index (χ3n) is 4.03. The summed E-state index contributed by atoms with van der Waals surface area (Å²) in [5.41, 5.74) is 0. The standard InChI is InChI=1S/C16H27N3OS.ClH/c1-3-10-19(14-6-8-17-9-7-14)12-16(20)18-13(2)15-5-4-11-21-15;/h4-5,11,13-14,17H,3,6-10,12H2,1-2H3,(H,18,20);1H. The number of hydrogen-bond donors (Lipinski definition) is 2. The van der Waals surface area contributed by atoms with Gasteiger partial charge >= 0.3 is 0 Å². The van der Waals surface area contributed by atoms with E-state index in [1.807, 2.05) is 6.07 Å². The first-order valence-corrected chi connectivity index (χ1v) is 8.86. The van der Waals surface area contributed by atoms with Crippen LogP contribution in [0.5, 0.6) is 0 Å². The minimum absolute atomic E-state index is 0. The van der Waals surface area contributed by atoms with Gasteiger partial charge in [-0.3, -0.25) is 9.69 Å². The van der Waals surface area contributed by atoms with Crippen LogP contribution in [0.25, 0.3) is 0 Å². The van der Waals surface area contributed by atoms with E-state index in [1.165, 1.54) is 4.88 Å². The highest BCUT2D eigenvalue weighted by Crippen LogP contribution is 2.18. The van der Waals surface area contributed by atoms with E-state index < -0.39 is 0 Å². The van der Waals surface area contributed by atoms with Gasteiger partial charge in [-0.2, -0.15) is 0 Å². The Kier molecular flexibility index (Phi) is 9.02. The Balaban J connectivity index is 0.00000242. The molecule has 1 aromatic heterocycles. The van der Waals surface area contributed by atoms with Gasteiger partial charge in [-0.25, -0.2) is 0 Å². The molecule has 1 aliphatic heterocycles. The third kappa shape index (κ3) is 5.88. The lowest BCUT2D eigenvalue weighted by atomic mass is 10.0. The summed E-state index contributed by atoms with van der Waals surface area (Å²) < 4.78 is 0. The summed E-state index contributed by atoms with van der Waals surface area (Å²) in [5, 5.41) is 8.57. The van der Waals surface area contributed by atoms with Gasteiger partial charge in [0, 0.05) is 10.9 Å². The Labute approximate surface area is 144 Å². The van der Waals surface area contributed by atoms with Crippen LogP contribution in [0.1, 0.15) is 44.0 Å². The molecule has 126 valence electrons. The Hall–Kier alpha value is -0.620. The van der Waals surface area contributed by atoms with Crippen molar-refractivity contribution in [3.8, 4) is 0 Å². The summed E-state index contributed by atoms with van der Waals surface area (Å²) in [7, 11) is 0. The molecule has 2 N–H and O–H groups in total. The number of amides is 1. The van der Waals surface area contributed by atoms with E-state index in [0.29, 0.717) is 12.6 Å². The van der Waals surface area contributed by atoms with Crippen molar-refractivity contribution < 1.29 is 4.79 Å². The van der Waals surface area contributed by atoms with Crippen molar-refractivity contribution >= 4 is 29.7 Å². The zero-order chi connectivity index (χ0) is 15.1. The second-order valence-electron chi connectivity index (χ2n) is 5.76. The molecule has 1 saturated heterocycles. The first-order valence-electron chi connectivity index (χ1n) is 7.98. The van der Waals surface area contributed by atoms with Gasteiger partial charge in [0.15, 0.2) is 0 Å². The van der Waals surface area contributed by atoms with Crippen LogP contribution in [0.15, 0.2) is 17.5 Å². The van der Waals surface area contributed by atoms with Gasteiger partial charge in [-0.05, 0) is 57.3 Å². The summed E-state index contributed by atoms with van der Waals surface area (Å²) in [6.45, 7) is 7.90. The number of halogens is 1. The topological polar surface area (TPSA) is 44.4 Å². The normalized spacial score (nSPS) is 17.0. The molecule has 1 fully saturated rings. The van der Waals surface area contributed by atoms with Crippen LogP contribution in [-0.2, 0) is 4.79 Å². The van der Waals surface area contributed by atoms with Crippen molar-refractivity contribution in [3.63, 3.8) is 0 Å². The molecule has 0 aliphatic carbocycles. The molecule has 0 aromatic carbocycles. The molecule has 1 aromatic rings. The van der Waals surface area contributed by atoms with Crippen molar-refractivity contribution in [2.24, 2.45) is 0 Å². The number of carbonyl (C=O) groups excluding carboxylic acids is 1. The molecule has 2 heterocycles. The van der Waals surface area contributed by atoms with E-state index in [4.69, 9.17) is 0 Å². The smallest absolute Gasteiger partial charge is 0.234 e. The molecule has 0 radical (unpaired) electrons. The number of piperidine rings is 1. The monoisotopic (exact) mass is 345 g/mol. The number of nitrogens with zero attached hydrogens (tertiary/aromatic N) is 1. The van der Waals surface area contributed by atoms with E-state index in [9.17, 15) is 4.79 Å². The summed E-state index contributed by atoms with van der Waals surface area (Å²) >= 11 is 1.69. The molecule has 0 bridgehead atoms. The summed E-state index contributed by atoms with van der Waals surface area (Å²) in [6, 6.07) is 4.76. The summed E-state index contributed by atoms with van der Waals surface area (Å²) in [6.07, 6.45) is 3.39. The highest BCUT2D eigenvalue weighted by Gasteiger charge is 2.22. The fraction of sp³-hybridized carbons (Fsp3) is 0.688. The molecule has 1 unspecified atom stereocenters. The number of thiophene rings is 1. The number of rotatable bonds is 7. The van der Waals surface area contributed by atoms with Gasteiger partial charge in [0.2, 0.25) is 5.91 Å². The van der Waals surface area contributed by atoms with E-state index in [0.717, 1.165) is 38.9 Å². The Morgan fingerprint density at radius 2 is 2.23 bits per heavy atom. The Morgan fingerprint density at radius 3 is 2.82 bits per heavy atom. The number of nitrogens with one attached hydrogen (secondary N) is 2.